The van der Waals surface area contributed by atoms with Crippen molar-refractivity contribution in [3.05, 3.63) is 29.3 Å². The molecule has 5 heteroatoms. The molecule has 0 spiro atoms. The maximum Gasteiger partial charge on any atom is 0.263 e. The van der Waals surface area contributed by atoms with Crippen molar-refractivity contribution in [1.82, 2.24) is 5.43 Å². The second-order valence-electron chi connectivity index (χ2n) is 5.82. The molecule has 3 N–H and O–H groups in total. The van der Waals surface area contributed by atoms with E-state index in [-0.39, 0.29) is 12.0 Å². The SMILES string of the molecule is Cc1cc(OCC2CCC(C(=O)NN)O2)ccc1C(C)C. The summed E-state index contributed by atoms with van der Waals surface area (Å²) in [5.74, 6) is 6.19. The standard InChI is InChI=1S/C16H24N2O3/c1-10(2)14-6-4-12(8-11(14)3)20-9-13-5-7-15(21-13)16(19)18-17/h4,6,8,10,13,15H,5,7,9,17H2,1-3H3,(H,18,19). The lowest BCUT2D eigenvalue weighted by Crippen LogP contribution is -2.39. The van der Waals surface area contributed by atoms with Crippen LogP contribution in [0.2, 0.25) is 0 Å². The van der Waals surface area contributed by atoms with Crippen LogP contribution >= 0.6 is 0 Å². The van der Waals surface area contributed by atoms with Gasteiger partial charge in [-0.05, 0) is 48.9 Å². The number of hydrazine groups is 1. The van der Waals surface area contributed by atoms with Crippen molar-refractivity contribution in [3.63, 3.8) is 0 Å². The first-order valence-electron chi connectivity index (χ1n) is 7.40. The van der Waals surface area contributed by atoms with Gasteiger partial charge in [0.2, 0.25) is 0 Å². The molecule has 1 aliphatic rings. The predicted molar refractivity (Wildman–Crippen MR) is 81.0 cm³/mol. The van der Waals surface area contributed by atoms with Crippen LogP contribution in [0.1, 0.15) is 43.7 Å². The third-order valence-corrected chi connectivity index (χ3v) is 3.84. The van der Waals surface area contributed by atoms with Crippen LogP contribution in [-0.2, 0) is 9.53 Å². The first-order chi connectivity index (χ1) is 10.0. The normalized spacial score (nSPS) is 21.6. The number of nitrogens with one attached hydrogen (secondary N) is 1. The van der Waals surface area contributed by atoms with E-state index in [1.54, 1.807) is 0 Å². The smallest absolute Gasteiger partial charge is 0.263 e. The average molecular weight is 292 g/mol. The number of carbonyl (C=O) groups excluding carboxylic acids is 1. The Balaban J connectivity index is 1.87. The second kappa shape index (κ2) is 6.91. The summed E-state index contributed by atoms with van der Waals surface area (Å²) in [6.45, 7) is 6.90. The van der Waals surface area contributed by atoms with Crippen LogP contribution in [0.15, 0.2) is 18.2 Å². The highest BCUT2D eigenvalue weighted by atomic mass is 16.5. The van der Waals surface area contributed by atoms with Gasteiger partial charge >= 0.3 is 0 Å². The lowest BCUT2D eigenvalue weighted by atomic mass is 9.98. The summed E-state index contributed by atoms with van der Waals surface area (Å²) in [7, 11) is 0. The third kappa shape index (κ3) is 3.95. The van der Waals surface area contributed by atoms with Gasteiger partial charge in [-0.3, -0.25) is 10.2 Å². The molecule has 2 unspecified atom stereocenters. The molecule has 0 bridgehead atoms. The van der Waals surface area contributed by atoms with Crippen LogP contribution in [0.3, 0.4) is 0 Å². The second-order valence-corrected chi connectivity index (χ2v) is 5.82. The van der Waals surface area contributed by atoms with E-state index in [1.165, 1.54) is 11.1 Å². The Morgan fingerprint density at radius 1 is 1.48 bits per heavy atom. The van der Waals surface area contributed by atoms with Crippen molar-refractivity contribution < 1.29 is 14.3 Å². The molecule has 0 aliphatic carbocycles. The van der Waals surface area contributed by atoms with Gasteiger partial charge in [-0.1, -0.05) is 19.9 Å². The predicted octanol–water partition coefficient (Wildman–Crippen LogP) is 2.03. The number of hydrogen-bond donors (Lipinski definition) is 2. The molecule has 21 heavy (non-hydrogen) atoms. The molecule has 2 atom stereocenters. The Labute approximate surface area is 125 Å². The lowest BCUT2D eigenvalue weighted by Gasteiger charge is -2.15. The van der Waals surface area contributed by atoms with Gasteiger partial charge in [0, 0.05) is 0 Å². The molecule has 1 aliphatic heterocycles. The van der Waals surface area contributed by atoms with Crippen LogP contribution in [-0.4, -0.2) is 24.7 Å². The van der Waals surface area contributed by atoms with E-state index in [0.29, 0.717) is 18.9 Å². The van der Waals surface area contributed by atoms with Crippen molar-refractivity contribution in [1.29, 1.82) is 0 Å². The Bertz CT molecular complexity index is 502. The quantitative estimate of drug-likeness (QED) is 0.495. The van der Waals surface area contributed by atoms with Crippen molar-refractivity contribution >= 4 is 5.91 Å². The fourth-order valence-corrected chi connectivity index (χ4v) is 2.69. The van der Waals surface area contributed by atoms with E-state index in [2.05, 4.69) is 32.3 Å². The minimum absolute atomic E-state index is 0.0580. The minimum Gasteiger partial charge on any atom is -0.491 e. The van der Waals surface area contributed by atoms with Crippen LogP contribution in [0.4, 0.5) is 0 Å². The Morgan fingerprint density at radius 3 is 2.86 bits per heavy atom. The summed E-state index contributed by atoms with van der Waals surface area (Å²) in [6, 6.07) is 6.14. The van der Waals surface area contributed by atoms with Gasteiger partial charge in [0.05, 0.1) is 6.10 Å². The number of carbonyl (C=O) groups is 1. The van der Waals surface area contributed by atoms with Gasteiger partial charge in [-0.25, -0.2) is 5.84 Å². The van der Waals surface area contributed by atoms with Gasteiger partial charge in [-0.15, -0.1) is 0 Å². The molecule has 1 amide bonds. The molecule has 2 rings (SSSR count). The largest absolute Gasteiger partial charge is 0.491 e. The summed E-state index contributed by atoms with van der Waals surface area (Å²) in [6.07, 6.45) is 0.981. The first kappa shape index (κ1) is 15.8. The summed E-state index contributed by atoms with van der Waals surface area (Å²) in [4.78, 5) is 11.4. The van der Waals surface area contributed by atoms with Gasteiger partial charge in [0.15, 0.2) is 0 Å². The molecular weight excluding hydrogens is 268 g/mol. The van der Waals surface area contributed by atoms with Gasteiger partial charge in [0.1, 0.15) is 18.5 Å². The van der Waals surface area contributed by atoms with Gasteiger partial charge in [0.25, 0.3) is 5.91 Å². The molecule has 1 aromatic rings. The Hall–Kier alpha value is -1.59. The number of benzene rings is 1. The number of rotatable bonds is 5. The molecule has 1 heterocycles. The van der Waals surface area contributed by atoms with E-state index in [0.717, 1.165) is 12.2 Å². The van der Waals surface area contributed by atoms with Crippen LogP contribution < -0.4 is 16.0 Å². The summed E-state index contributed by atoms with van der Waals surface area (Å²) < 4.78 is 11.4. The number of nitrogens with two attached hydrogens (primary N) is 1. The van der Waals surface area contributed by atoms with Crippen LogP contribution in [0, 0.1) is 6.92 Å². The van der Waals surface area contributed by atoms with Gasteiger partial charge < -0.3 is 9.47 Å². The fraction of sp³-hybridized carbons (Fsp3) is 0.562. The Kier molecular flexibility index (Phi) is 5.20. The molecular formula is C16H24N2O3. The summed E-state index contributed by atoms with van der Waals surface area (Å²) in [5.41, 5.74) is 4.68. The van der Waals surface area contributed by atoms with Crippen molar-refractivity contribution in [2.24, 2.45) is 5.84 Å². The number of hydrogen-bond acceptors (Lipinski definition) is 4. The van der Waals surface area contributed by atoms with E-state index in [1.807, 2.05) is 12.1 Å². The van der Waals surface area contributed by atoms with Crippen molar-refractivity contribution in [3.8, 4) is 5.75 Å². The summed E-state index contributed by atoms with van der Waals surface area (Å²) in [5, 5.41) is 0. The maximum absolute atomic E-state index is 11.4. The zero-order valence-corrected chi connectivity index (χ0v) is 12.9. The molecule has 0 radical (unpaired) electrons. The molecule has 5 nitrogen and oxygen atoms in total. The van der Waals surface area contributed by atoms with E-state index in [9.17, 15) is 4.79 Å². The van der Waals surface area contributed by atoms with Gasteiger partial charge in [-0.2, -0.15) is 0 Å². The molecule has 1 fully saturated rings. The Morgan fingerprint density at radius 2 is 2.24 bits per heavy atom. The summed E-state index contributed by atoms with van der Waals surface area (Å²) >= 11 is 0. The van der Waals surface area contributed by atoms with E-state index >= 15 is 0 Å². The molecule has 1 aromatic carbocycles. The molecule has 0 saturated carbocycles. The molecule has 1 saturated heterocycles. The molecule has 0 aromatic heterocycles. The van der Waals surface area contributed by atoms with Crippen molar-refractivity contribution in [2.75, 3.05) is 6.61 Å². The highest BCUT2D eigenvalue weighted by Crippen LogP contribution is 2.25. The maximum atomic E-state index is 11.4. The van der Waals surface area contributed by atoms with E-state index < -0.39 is 6.10 Å². The lowest BCUT2D eigenvalue weighted by molar-refractivity contribution is -0.132. The molecule has 116 valence electrons. The fourth-order valence-electron chi connectivity index (χ4n) is 2.69. The topological polar surface area (TPSA) is 73.6 Å². The zero-order valence-electron chi connectivity index (χ0n) is 12.9. The van der Waals surface area contributed by atoms with E-state index in [4.69, 9.17) is 15.3 Å². The number of aryl methyl sites for hydroxylation is 1. The van der Waals surface area contributed by atoms with Crippen LogP contribution in [0.25, 0.3) is 0 Å². The first-order valence-corrected chi connectivity index (χ1v) is 7.40. The number of amides is 1. The monoisotopic (exact) mass is 292 g/mol. The highest BCUT2D eigenvalue weighted by Gasteiger charge is 2.30. The highest BCUT2D eigenvalue weighted by molar-refractivity contribution is 5.80. The van der Waals surface area contributed by atoms with Crippen LogP contribution in [0.5, 0.6) is 5.75 Å². The van der Waals surface area contributed by atoms with Crippen molar-refractivity contribution in [2.45, 2.75) is 51.7 Å². The average Bonchev–Trinajstić information content (AvgIpc) is 2.92. The minimum atomic E-state index is -0.450. The number of ether oxygens (including phenoxy) is 2. The third-order valence-electron chi connectivity index (χ3n) is 3.84. The zero-order chi connectivity index (χ0) is 15.4.